The summed E-state index contributed by atoms with van der Waals surface area (Å²) in [6, 6.07) is 11.5. The van der Waals surface area contributed by atoms with E-state index in [2.05, 4.69) is 20.9 Å². The van der Waals surface area contributed by atoms with Gasteiger partial charge in [0.25, 0.3) is 11.5 Å². The first-order valence-electron chi connectivity index (χ1n) is 12.8. The second-order valence-corrected chi connectivity index (χ2v) is 10.4. The highest BCUT2D eigenvalue weighted by Crippen LogP contribution is 2.33. The van der Waals surface area contributed by atoms with Crippen molar-refractivity contribution in [3.05, 3.63) is 81.5 Å². The SMILES string of the molecule is CCNC(=O)Nc1c(Nc2ccc3ncsc3c2)c(C(=O)N2CCC(c3ccc(F)cc3)CC2)cn(C)c1=O. The van der Waals surface area contributed by atoms with E-state index in [-0.39, 0.29) is 34.6 Å². The Morgan fingerprint density at radius 1 is 1.10 bits per heavy atom. The number of carbonyl (C=O) groups is 2. The number of nitrogens with zero attached hydrogens (tertiary/aromatic N) is 3. The van der Waals surface area contributed by atoms with E-state index in [0.29, 0.717) is 25.3 Å². The van der Waals surface area contributed by atoms with Gasteiger partial charge in [-0.15, -0.1) is 11.3 Å². The number of anilines is 3. The van der Waals surface area contributed by atoms with Crippen LogP contribution >= 0.6 is 11.3 Å². The standard InChI is InChI=1S/C28H29FN6O3S/c1-3-30-28(38)33-25-24(32-20-8-9-22-23(14-20)39-16-31-22)21(15-34(2)27(25)37)26(36)35-12-10-18(11-13-35)17-4-6-19(29)7-5-17/h4-9,14-16,18,32H,3,10-13H2,1-2H3,(H2,30,33,38). The average molecular weight is 549 g/mol. The van der Waals surface area contributed by atoms with Gasteiger partial charge < -0.3 is 25.4 Å². The number of piperidine rings is 1. The van der Waals surface area contributed by atoms with Crippen LogP contribution in [-0.4, -0.2) is 46.0 Å². The number of nitrogens with one attached hydrogen (secondary N) is 3. The minimum absolute atomic E-state index is 0.0140. The number of hydrogen-bond acceptors (Lipinski definition) is 6. The summed E-state index contributed by atoms with van der Waals surface area (Å²) in [6.07, 6.45) is 2.98. The zero-order valence-electron chi connectivity index (χ0n) is 21.7. The summed E-state index contributed by atoms with van der Waals surface area (Å²) in [6.45, 7) is 3.17. The molecule has 1 aliphatic heterocycles. The Morgan fingerprint density at radius 3 is 2.56 bits per heavy atom. The number of urea groups is 1. The van der Waals surface area contributed by atoms with Gasteiger partial charge in [-0.25, -0.2) is 14.2 Å². The molecular weight excluding hydrogens is 519 g/mol. The molecule has 0 spiro atoms. The van der Waals surface area contributed by atoms with Crippen molar-refractivity contribution in [2.45, 2.75) is 25.7 Å². The van der Waals surface area contributed by atoms with Crippen LogP contribution in [0.5, 0.6) is 0 Å². The number of rotatable bonds is 6. The third-order valence-electron chi connectivity index (χ3n) is 6.91. The van der Waals surface area contributed by atoms with E-state index >= 15 is 0 Å². The van der Waals surface area contributed by atoms with E-state index in [1.165, 1.54) is 34.2 Å². The van der Waals surface area contributed by atoms with E-state index in [4.69, 9.17) is 0 Å². The third kappa shape index (κ3) is 5.63. The molecule has 2 aromatic carbocycles. The number of likely N-dealkylation sites (tertiary alicyclic amines) is 1. The van der Waals surface area contributed by atoms with Crippen molar-refractivity contribution in [3.8, 4) is 0 Å². The highest BCUT2D eigenvalue weighted by atomic mass is 32.1. The van der Waals surface area contributed by atoms with Crippen LogP contribution in [0.1, 0.15) is 41.6 Å². The smallest absolute Gasteiger partial charge is 0.319 e. The number of hydrogen-bond donors (Lipinski definition) is 3. The molecule has 0 bridgehead atoms. The molecule has 4 aromatic rings. The van der Waals surface area contributed by atoms with Gasteiger partial charge in [0.2, 0.25) is 0 Å². The molecular formula is C28H29FN6O3S. The summed E-state index contributed by atoms with van der Waals surface area (Å²) in [5.74, 6) is -0.287. The summed E-state index contributed by atoms with van der Waals surface area (Å²) >= 11 is 1.48. The van der Waals surface area contributed by atoms with Gasteiger partial charge >= 0.3 is 6.03 Å². The molecule has 0 saturated carbocycles. The molecule has 2 aromatic heterocycles. The molecule has 11 heteroatoms. The maximum absolute atomic E-state index is 13.9. The number of halogens is 1. The summed E-state index contributed by atoms with van der Waals surface area (Å²) in [4.78, 5) is 45.6. The Kier molecular flexibility index (Phi) is 7.60. The number of fused-ring (bicyclic) bond motifs is 1. The molecule has 3 N–H and O–H groups in total. The zero-order valence-corrected chi connectivity index (χ0v) is 22.5. The summed E-state index contributed by atoms with van der Waals surface area (Å²) in [7, 11) is 1.55. The van der Waals surface area contributed by atoms with Crippen LogP contribution in [0, 0.1) is 5.82 Å². The minimum Gasteiger partial charge on any atom is -0.353 e. The lowest BCUT2D eigenvalue weighted by Gasteiger charge is -2.33. The Labute approximate surface area is 228 Å². The van der Waals surface area contributed by atoms with E-state index in [0.717, 1.165) is 28.6 Å². The summed E-state index contributed by atoms with van der Waals surface area (Å²) in [5.41, 5.74) is 4.35. The molecule has 3 heterocycles. The molecule has 1 fully saturated rings. The number of aryl methyl sites for hydroxylation is 1. The molecule has 0 unspecified atom stereocenters. The predicted octanol–water partition coefficient (Wildman–Crippen LogP) is 5.04. The van der Waals surface area contributed by atoms with Gasteiger partial charge in [0.15, 0.2) is 0 Å². The van der Waals surface area contributed by atoms with Crippen LogP contribution in [0.15, 0.2) is 59.0 Å². The molecule has 3 amide bonds. The van der Waals surface area contributed by atoms with Crippen molar-refractivity contribution in [2.75, 3.05) is 30.3 Å². The molecule has 202 valence electrons. The average Bonchev–Trinajstić information content (AvgIpc) is 3.41. The monoisotopic (exact) mass is 548 g/mol. The molecule has 39 heavy (non-hydrogen) atoms. The quantitative estimate of drug-likeness (QED) is 0.313. The first-order valence-corrected chi connectivity index (χ1v) is 13.7. The number of benzene rings is 2. The first-order chi connectivity index (χ1) is 18.8. The van der Waals surface area contributed by atoms with Gasteiger partial charge in [-0.2, -0.15) is 0 Å². The van der Waals surface area contributed by atoms with Gasteiger partial charge in [-0.05, 0) is 61.6 Å². The summed E-state index contributed by atoms with van der Waals surface area (Å²) < 4.78 is 15.6. The van der Waals surface area contributed by atoms with Crippen molar-refractivity contribution < 1.29 is 14.0 Å². The van der Waals surface area contributed by atoms with Crippen molar-refractivity contribution >= 4 is 50.6 Å². The second-order valence-electron chi connectivity index (χ2n) is 9.47. The van der Waals surface area contributed by atoms with Gasteiger partial charge in [0.1, 0.15) is 11.5 Å². The van der Waals surface area contributed by atoms with Gasteiger partial charge in [-0.1, -0.05) is 12.1 Å². The summed E-state index contributed by atoms with van der Waals surface area (Å²) in [5, 5.41) is 8.52. The van der Waals surface area contributed by atoms with Crippen molar-refractivity contribution in [3.63, 3.8) is 0 Å². The Bertz CT molecular complexity index is 1570. The maximum Gasteiger partial charge on any atom is 0.319 e. The van der Waals surface area contributed by atoms with E-state index in [9.17, 15) is 18.8 Å². The zero-order chi connectivity index (χ0) is 27.5. The van der Waals surface area contributed by atoms with Crippen LogP contribution in [0.3, 0.4) is 0 Å². The van der Waals surface area contributed by atoms with Crippen LogP contribution < -0.4 is 21.5 Å². The van der Waals surface area contributed by atoms with Gasteiger partial charge in [0, 0.05) is 38.6 Å². The number of amides is 3. The normalized spacial score (nSPS) is 13.9. The highest BCUT2D eigenvalue weighted by Gasteiger charge is 2.29. The molecule has 0 radical (unpaired) electrons. The van der Waals surface area contributed by atoms with Crippen LogP contribution in [0.4, 0.5) is 26.2 Å². The third-order valence-corrected chi connectivity index (χ3v) is 7.70. The van der Waals surface area contributed by atoms with Crippen molar-refractivity contribution in [1.82, 2.24) is 19.8 Å². The van der Waals surface area contributed by atoms with E-state index in [1.54, 1.807) is 36.5 Å². The minimum atomic E-state index is -0.541. The number of pyridine rings is 1. The molecule has 0 aliphatic carbocycles. The Balaban J connectivity index is 1.48. The lowest BCUT2D eigenvalue weighted by Crippen LogP contribution is -2.39. The molecule has 5 rings (SSSR count). The molecule has 1 saturated heterocycles. The highest BCUT2D eigenvalue weighted by molar-refractivity contribution is 7.16. The number of aromatic nitrogens is 2. The van der Waals surface area contributed by atoms with Crippen molar-refractivity contribution in [2.24, 2.45) is 7.05 Å². The van der Waals surface area contributed by atoms with E-state index < -0.39 is 11.6 Å². The maximum atomic E-state index is 13.9. The topological polar surface area (TPSA) is 108 Å². The largest absolute Gasteiger partial charge is 0.353 e. The second kappa shape index (κ2) is 11.2. The first kappa shape index (κ1) is 26.4. The fourth-order valence-corrected chi connectivity index (χ4v) is 5.58. The Hall–Kier alpha value is -4.25. The van der Waals surface area contributed by atoms with Crippen LogP contribution in [0.2, 0.25) is 0 Å². The molecule has 9 nitrogen and oxygen atoms in total. The number of carbonyl (C=O) groups excluding carboxylic acids is 2. The number of thiazole rings is 1. The van der Waals surface area contributed by atoms with Gasteiger partial charge in [-0.3, -0.25) is 9.59 Å². The van der Waals surface area contributed by atoms with Crippen LogP contribution in [0.25, 0.3) is 10.2 Å². The molecule has 1 aliphatic rings. The lowest BCUT2D eigenvalue weighted by atomic mass is 9.89. The molecule has 0 atom stereocenters. The fraction of sp³-hybridized carbons (Fsp3) is 0.286. The van der Waals surface area contributed by atoms with Crippen molar-refractivity contribution in [1.29, 1.82) is 0 Å². The van der Waals surface area contributed by atoms with Gasteiger partial charge in [0.05, 0.1) is 27.0 Å². The lowest BCUT2D eigenvalue weighted by molar-refractivity contribution is 0.0713. The predicted molar refractivity (Wildman–Crippen MR) is 152 cm³/mol. The van der Waals surface area contributed by atoms with E-state index in [1.807, 2.05) is 18.2 Å². The fourth-order valence-electron chi connectivity index (χ4n) is 4.86. The van der Waals surface area contributed by atoms with Crippen LogP contribution in [-0.2, 0) is 7.05 Å². The Morgan fingerprint density at radius 2 is 1.85 bits per heavy atom.